The van der Waals surface area contributed by atoms with Crippen molar-refractivity contribution in [2.75, 3.05) is 44.2 Å². The van der Waals surface area contributed by atoms with Crippen LogP contribution in [0.25, 0.3) is 0 Å². The second-order valence-corrected chi connectivity index (χ2v) is 10.2. The average Bonchev–Trinajstić information content (AvgIpc) is 3.46. The van der Waals surface area contributed by atoms with Gasteiger partial charge >= 0.3 is 0 Å². The SMILES string of the molecule is Cc1cccc(N2CCN(C(=O)Cn3nc(C(=O)N4CC[C@@H](O)C(F)(F)C4)c4c3CCC4)CC2)c1C. The van der Waals surface area contributed by atoms with Gasteiger partial charge in [0.05, 0.1) is 6.54 Å². The number of aromatic nitrogens is 2. The number of alkyl halides is 2. The summed E-state index contributed by atoms with van der Waals surface area (Å²) in [6.45, 7) is 6.18. The smallest absolute Gasteiger partial charge is 0.290 e. The number of fused-ring (bicyclic) bond motifs is 1. The first kappa shape index (κ1) is 24.7. The van der Waals surface area contributed by atoms with Crippen molar-refractivity contribution in [3.63, 3.8) is 0 Å². The van der Waals surface area contributed by atoms with Gasteiger partial charge in [-0.3, -0.25) is 14.3 Å². The van der Waals surface area contributed by atoms with Crippen molar-refractivity contribution in [3.05, 3.63) is 46.3 Å². The van der Waals surface area contributed by atoms with Crippen molar-refractivity contribution in [3.8, 4) is 0 Å². The van der Waals surface area contributed by atoms with Crippen LogP contribution in [-0.4, -0.2) is 87.8 Å². The van der Waals surface area contributed by atoms with Gasteiger partial charge in [0.25, 0.3) is 11.8 Å². The fourth-order valence-electron chi connectivity index (χ4n) is 5.57. The summed E-state index contributed by atoms with van der Waals surface area (Å²) in [7, 11) is 0. The van der Waals surface area contributed by atoms with Gasteiger partial charge in [0.2, 0.25) is 5.91 Å². The number of anilines is 1. The van der Waals surface area contributed by atoms with Crippen molar-refractivity contribution in [2.24, 2.45) is 0 Å². The van der Waals surface area contributed by atoms with Crippen LogP contribution in [0.4, 0.5) is 14.5 Å². The number of carbonyl (C=O) groups is 2. The second kappa shape index (κ2) is 9.46. The Labute approximate surface area is 209 Å². The van der Waals surface area contributed by atoms with E-state index in [9.17, 15) is 23.5 Å². The lowest BCUT2D eigenvalue weighted by Gasteiger charge is -2.37. The summed E-state index contributed by atoms with van der Waals surface area (Å²) in [5.41, 5.74) is 5.48. The van der Waals surface area contributed by atoms with Gasteiger partial charge in [-0.25, -0.2) is 8.78 Å². The van der Waals surface area contributed by atoms with Gasteiger partial charge in [0.1, 0.15) is 12.6 Å². The van der Waals surface area contributed by atoms with Gasteiger partial charge in [0.15, 0.2) is 5.69 Å². The molecular weight excluding hydrogens is 468 g/mol. The maximum atomic E-state index is 14.0. The van der Waals surface area contributed by atoms with E-state index < -0.39 is 24.5 Å². The third-order valence-corrected chi connectivity index (χ3v) is 7.89. The fourth-order valence-corrected chi connectivity index (χ4v) is 5.57. The number of aliphatic hydroxyl groups excluding tert-OH is 1. The molecule has 0 unspecified atom stereocenters. The molecule has 0 bridgehead atoms. The van der Waals surface area contributed by atoms with E-state index in [2.05, 4.69) is 42.0 Å². The molecule has 3 heterocycles. The largest absolute Gasteiger partial charge is 0.387 e. The Morgan fingerprint density at radius 1 is 1.08 bits per heavy atom. The van der Waals surface area contributed by atoms with E-state index in [4.69, 9.17) is 0 Å². The first-order valence-electron chi connectivity index (χ1n) is 12.7. The van der Waals surface area contributed by atoms with E-state index in [1.165, 1.54) is 16.8 Å². The fraction of sp³-hybridized carbons (Fsp3) is 0.577. The summed E-state index contributed by atoms with van der Waals surface area (Å²) in [5, 5.41) is 14.0. The Kier molecular flexibility index (Phi) is 6.48. The number of rotatable bonds is 4. The number of benzene rings is 1. The highest BCUT2D eigenvalue weighted by molar-refractivity contribution is 5.94. The Hall–Kier alpha value is -3.01. The Morgan fingerprint density at radius 2 is 1.83 bits per heavy atom. The van der Waals surface area contributed by atoms with E-state index in [0.717, 1.165) is 35.7 Å². The van der Waals surface area contributed by atoms with Gasteiger partial charge in [-0.05, 0) is 56.7 Å². The molecule has 1 aliphatic carbocycles. The molecule has 0 spiro atoms. The van der Waals surface area contributed by atoms with Crippen LogP contribution in [0, 0.1) is 13.8 Å². The van der Waals surface area contributed by atoms with Crippen LogP contribution in [-0.2, 0) is 24.2 Å². The molecule has 5 rings (SSSR count). The second-order valence-electron chi connectivity index (χ2n) is 10.2. The minimum Gasteiger partial charge on any atom is -0.387 e. The number of hydrogen-bond acceptors (Lipinski definition) is 5. The predicted molar refractivity (Wildman–Crippen MR) is 130 cm³/mol. The Balaban J connectivity index is 1.26. The minimum absolute atomic E-state index is 0.0357. The number of aryl methyl sites for hydroxylation is 1. The van der Waals surface area contributed by atoms with Crippen LogP contribution < -0.4 is 4.90 Å². The van der Waals surface area contributed by atoms with Crippen LogP contribution in [0.5, 0.6) is 0 Å². The zero-order valence-corrected chi connectivity index (χ0v) is 20.8. The van der Waals surface area contributed by atoms with Crippen molar-refractivity contribution >= 4 is 17.5 Å². The molecule has 1 aromatic heterocycles. The summed E-state index contributed by atoms with van der Waals surface area (Å²) in [4.78, 5) is 31.5. The number of piperazine rings is 1. The summed E-state index contributed by atoms with van der Waals surface area (Å²) in [6, 6.07) is 6.27. The number of likely N-dealkylation sites (tertiary alicyclic amines) is 1. The van der Waals surface area contributed by atoms with Gasteiger partial charge in [-0.1, -0.05) is 12.1 Å². The van der Waals surface area contributed by atoms with Crippen LogP contribution >= 0.6 is 0 Å². The van der Waals surface area contributed by atoms with E-state index in [-0.39, 0.29) is 31.1 Å². The van der Waals surface area contributed by atoms with Crippen LogP contribution in [0.15, 0.2) is 18.2 Å². The van der Waals surface area contributed by atoms with E-state index in [0.29, 0.717) is 25.9 Å². The van der Waals surface area contributed by atoms with Crippen molar-refractivity contribution < 1.29 is 23.5 Å². The van der Waals surface area contributed by atoms with Crippen molar-refractivity contribution in [1.82, 2.24) is 19.6 Å². The molecule has 1 atom stereocenters. The summed E-state index contributed by atoms with van der Waals surface area (Å²) < 4.78 is 29.7. The van der Waals surface area contributed by atoms with Gasteiger partial charge in [-0.15, -0.1) is 0 Å². The molecule has 2 saturated heterocycles. The number of halogens is 2. The number of piperidine rings is 1. The molecule has 1 aromatic carbocycles. The van der Waals surface area contributed by atoms with Crippen molar-refractivity contribution in [2.45, 2.75) is 58.1 Å². The van der Waals surface area contributed by atoms with E-state index >= 15 is 0 Å². The average molecular weight is 502 g/mol. The molecule has 10 heteroatoms. The van der Waals surface area contributed by atoms with E-state index in [1.54, 1.807) is 4.68 Å². The highest BCUT2D eigenvalue weighted by atomic mass is 19.3. The zero-order valence-electron chi connectivity index (χ0n) is 20.8. The maximum Gasteiger partial charge on any atom is 0.290 e. The summed E-state index contributed by atoms with van der Waals surface area (Å²) in [5.74, 6) is -3.94. The quantitative estimate of drug-likeness (QED) is 0.695. The van der Waals surface area contributed by atoms with Gasteiger partial charge in [0, 0.05) is 49.7 Å². The molecule has 0 saturated carbocycles. The van der Waals surface area contributed by atoms with Gasteiger partial charge in [-0.2, -0.15) is 5.10 Å². The molecule has 2 aliphatic heterocycles. The monoisotopic (exact) mass is 501 g/mol. The first-order valence-corrected chi connectivity index (χ1v) is 12.7. The van der Waals surface area contributed by atoms with Crippen molar-refractivity contribution in [1.29, 1.82) is 0 Å². The number of carbonyl (C=O) groups excluding carboxylic acids is 2. The minimum atomic E-state index is -3.34. The zero-order chi connectivity index (χ0) is 25.6. The molecule has 2 fully saturated rings. The standard InChI is InChI=1S/C26H33F2N5O3/c1-17-5-3-7-20(18(17)2)30-11-13-31(14-12-30)23(35)15-33-21-8-4-6-19(21)24(29-33)25(36)32-10-9-22(34)26(27,28)16-32/h3,5,7,22,34H,4,6,8-16H2,1-2H3/t22-/m1/s1. The highest BCUT2D eigenvalue weighted by Crippen LogP contribution is 2.31. The third kappa shape index (κ3) is 4.47. The topological polar surface area (TPSA) is 81.9 Å². The number of hydrogen-bond donors (Lipinski definition) is 1. The number of nitrogens with zero attached hydrogens (tertiary/aromatic N) is 5. The molecule has 2 aromatic rings. The third-order valence-electron chi connectivity index (χ3n) is 7.89. The number of amides is 2. The lowest BCUT2D eigenvalue weighted by atomic mass is 10.0. The number of aliphatic hydroxyl groups is 1. The Bertz CT molecular complexity index is 1170. The lowest BCUT2D eigenvalue weighted by molar-refractivity contribution is -0.142. The molecule has 194 valence electrons. The molecule has 2 amide bonds. The molecule has 1 N–H and O–H groups in total. The van der Waals surface area contributed by atoms with Crippen LogP contribution in [0.1, 0.15) is 45.7 Å². The molecule has 3 aliphatic rings. The normalized spacial score (nSPS) is 21.6. The molecule has 36 heavy (non-hydrogen) atoms. The summed E-state index contributed by atoms with van der Waals surface area (Å²) in [6.07, 6.45) is 0.279. The highest BCUT2D eigenvalue weighted by Gasteiger charge is 2.46. The summed E-state index contributed by atoms with van der Waals surface area (Å²) >= 11 is 0. The molecular formula is C26H33F2N5O3. The van der Waals surface area contributed by atoms with Crippen LogP contribution in [0.3, 0.4) is 0 Å². The maximum absolute atomic E-state index is 14.0. The van der Waals surface area contributed by atoms with Crippen LogP contribution in [0.2, 0.25) is 0 Å². The predicted octanol–water partition coefficient (Wildman–Crippen LogP) is 2.18. The lowest BCUT2D eigenvalue weighted by Crippen LogP contribution is -2.53. The van der Waals surface area contributed by atoms with Gasteiger partial charge < -0.3 is 19.8 Å². The molecule has 8 nitrogen and oxygen atoms in total. The van der Waals surface area contributed by atoms with E-state index in [1.807, 2.05) is 4.90 Å². The molecule has 0 radical (unpaired) electrons. The Morgan fingerprint density at radius 3 is 2.56 bits per heavy atom. The first-order chi connectivity index (χ1) is 17.2.